The van der Waals surface area contributed by atoms with Crippen molar-refractivity contribution in [3.63, 3.8) is 0 Å². The van der Waals surface area contributed by atoms with E-state index in [2.05, 4.69) is 10.2 Å². The lowest BCUT2D eigenvalue weighted by Gasteiger charge is -2.09. The lowest BCUT2D eigenvalue weighted by molar-refractivity contribution is -0.118. The van der Waals surface area contributed by atoms with Crippen LogP contribution in [0, 0.1) is 5.82 Å². The van der Waals surface area contributed by atoms with Crippen molar-refractivity contribution in [2.75, 3.05) is 0 Å². The zero-order valence-electron chi connectivity index (χ0n) is 17.1. The van der Waals surface area contributed by atoms with Gasteiger partial charge >= 0.3 is 0 Å². The van der Waals surface area contributed by atoms with Crippen LogP contribution in [0.3, 0.4) is 0 Å². The van der Waals surface area contributed by atoms with Gasteiger partial charge < -0.3 is 15.0 Å². The van der Waals surface area contributed by atoms with E-state index in [9.17, 15) is 9.18 Å². The Morgan fingerprint density at radius 2 is 1.81 bits per heavy atom. The van der Waals surface area contributed by atoms with Gasteiger partial charge in [0.05, 0.1) is 4.88 Å². The summed E-state index contributed by atoms with van der Waals surface area (Å²) < 4.78 is 20.7. The average molecular weight is 469 g/mol. The minimum atomic E-state index is -0.358. The highest BCUT2D eigenvalue weighted by Gasteiger charge is 2.16. The van der Waals surface area contributed by atoms with Gasteiger partial charge in [0.15, 0.2) is 11.0 Å². The molecule has 6 nitrogen and oxygen atoms in total. The van der Waals surface area contributed by atoms with E-state index < -0.39 is 0 Å². The Hall–Kier alpha value is -3.17. The normalized spacial score (nSPS) is 10.9. The average Bonchev–Trinajstić information content (AvgIpc) is 3.46. The Kier molecular flexibility index (Phi) is 7.18. The van der Waals surface area contributed by atoms with Crippen molar-refractivity contribution < 1.29 is 13.9 Å². The fraction of sp³-hybridized carbons (Fsp3) is 0.174. The Morgan fingerprint density at radius 3 is 2.50 bits per heavy atom. The van der Waals surface area contributed by atoms with Crippen molar-refractivity contribution in [1.82, 2.24) is 14.8 Å². The first-order chi connectivity index (χ1) is 15.6. The molecule has 0 unspecified atom stereocenters. The molecule has 0 bridgehead atoms. The van der Waals surface area contributed by atoms with Gasteiger partial charge in [-0.05, 0) is 46.8 Å². The molecule has 0 fully saturated rings. The second kappa shape index (κ2) is 10.4. The second-order valence-corrected chi connectivity index (χ2v) is 8.89. The van der Waals surface area contributed by atoms with Gasteiger partial charge in [-0.3, -0.25) is 4.79 Å². The predicted molar refractivity (Wildman–Crippen MR) is 124 cm³/mol. The van der Waals surface area contributed by atoms with Crippen molar-refractivity contribution in [2.24, 2.45) is 5.73 Å². The molecule has 9 heteroatoms. The zero-order chi connectivity index (χ0) is 22.3. The van der Waals surface area contributed by atoms with Crippen LogP contribution >= 0.6 is 23.1 Å². The third kappa shape index (κ3) is 5.74. The number of ether oxygens (including phenoxy) is 1. The van der Waals surface area contributed by atoms with Gasteiger partial charge in [-0.15, -0.1) is 21.5 Å². The smallest absolute Gasteiger partial charge is 0.219 e. The summed E-state index contributed by atoms with van der Waals surface area (Å²) in [6.07, 6.45) is 0.226. The van der Waals surface area contributed by atoms with Crippen LogP contribution in [0.2, 0.25) is 0 Å². The van der Waals surface area contributed by atoms with Crippen molar-refractivity contribution >= 4 is 29.0 Å². The van der Waals surface area contributed by atoms with E-state index in [1.807, 2.05) is 46.3 Å². The molecule has 0 atom stereocenters. The summed E-state index contributed by atoms with van der Waals surface area (Å²) in [4.78, 5) is 12.3. The minimum Gasteiger partial charge on any atom is -0.489 e. The molecule has 2 aromatic heterocycles. The van der Waals surface area contributed by atoms with Crippen LogP contribution in [0.5, 0.6) is 5.75 Å². The molecule has 2 aromatic carbocycles. The van der Waals surface area contributed by atoms with Crippen LogP contribution in [-0.2, 0) is 23.7 Å². The van der Waals surface area contributed by atoms with E-state index in [0.717, 1.165) is 32.7 Å². The van der Waals surface area contributed by atoms with Crippen molar-refractivity contribution in [3.05, 3.63) is 83.0 Å². The molecule has 0 saturated carbocycles. The van der Waals surface area contributed by atoms with Crippen LogP contribution in [0.1, 0.15) is 17.5 Å². The predicted octanol–water partition coefficient (Wildman–Crippen LogP) is 4.89. The van der Waals surface area contributed by atoms with Gasteiger partial charge in [-0.25, -0.2) is 4.39 Å². The Labute approximate surface area is 193 Å². The number of nitrogens with zero attached hydrogens (tertiary/aromatic N) is 3. The number of aromatic nitrogens is 3. The standard InChI is InChI=1S/C23H21FN4O2S2/c24-18-7-3-16(4-8-18)14-30-19-9-5-17(6-10-19)15-32-23-27-26-22(20-2-1-13-31-20)28(23)12-11-21(25)29/h1-10,13H,11-12,14-15H2,(H2,25,29). The van der Waals surface area contributed by atoms with Gasteiger partial charge in [0.1, 0.15) is 18.2 Å². The first-order valence-electron chi connectivity index (χ1n) is 9.93. The molecule has 0 radical (unpaired) electrons. The third-order valence-corrected chi connectivity index (χ3v) is 6.55. The molecular weight excluding hydrogens is 447 g/mol. The number of hydrogen-bond donors (Lipinski definition) is 1. The van der Waals surface area contributed by atoms with E-state index in [4.69, 9.17) is 10.5 Å². The number of thioether (sulfide) groups is 1. The minimum absolute atomic E-state index is 0.226. The van der Waals surface area contributed by atoms with Gasteiger partial charge in [0, 0.05) is 18.7 Å². The number of rotatable bonds is 10. The number of amides is 1. The summed E-state index contributed by atoms with van der Waals surface area (Å²) in [6, 6.07) is 18.0. The van der Waals surface area contributed by atoms with E-state index in [1.165, 1.54) is 12.1 Å². The molecule has 0 aliphatic heterocycles. The molecule has 0 saturated heterocycles. The quantitative estimate of drug-likeness (QED) is 0.335. The lowest BCUT2D eigenvalue weighted by atomic mass is 10.2. The van der Waals surface area contributed by atoms with E-state index in [-0.39, 0.29) is 18.1 Å². The fourth-order valence-corrected chi connectivity index (χ4v) is 4.62. The number of primary amides is 1. The number of carbonyl (C=O) groups excluding carboxylic acids is 1. The monoisotopic (exact) mass is 468 g/mol. The van der Waals surface area contributed by atoms with Crippen LogP contribution in [-0.4, -0.2) is 20.7 Å². The van der Waals surface area contributed by atoms with Gasteiger partial charge in [0.2, 0.25) is 5.91 Å². The van der Waals surface area contributed by atoms with Crippen LogP contribution in [0.15, 0.2) is 71.2 Å². The SMILES string of the molecule is NC(=O)CCn1c(SCc2ccc(OCc3ccc(F)cc3)cc2)nnc1-c1cccs1. The van der Waals surface area contributed by atoms with Gasteiger partial charge in [-0.2, -0.15) is 0 Å². The van der Waals surface area contributed by atoms with Crippen LogP contribution in [0.25, 0.3) is 10.7 Å². The van der Waals surface area contributed by atoms with E-state index in [1.54, 1.807) is 35.2 Å². The van der Waals surface area contributed by atoms with E-state index >= 15 is 0 Å². The Bertz CT molecular complexity index is 1160. The summed E-state index contributed by atoms with van der Waals surface area (Å²) in [5.74, 6) is 1.56. The van der Waals surface area contributed by atoms with Gasteiger partial charge in [-0.1, -0.05) is 42.1 Å². The first-order valence-corrected chi connectivity index (χ1v) is 11.8. The number of thiophene rings is 1. The summed E-state index contributed by atoms with van der Waals surface area (Å²) in [5, 5.41) is 11.4. The maximum atomic E-state index is 13.0. The second-order valence-electron chi connectivity index (χ2n) is 7.00. The molecule has 2 N–H and O–H groups in total. The largest absolute Gasteiger partial charge is 0.489 e. The molecule has 0 spiro atoms. The molecular formula is C23H21FN4O2S2. The molecule has 164 valence electrons. The highest BCUT2D eigenvalue weighted by atomic mass is 32.2. The van der Waals surface area contributed by atoms with Crippen LogP contribution < -0.4 is 10.5 Å². The molecule has 0 aliphatic carbocycles. The molecule has 1 amide bonds. The first kappa shape index (κ1) is 22.0. The Morgan fingerprint density at radius 1 is 1.06 bits per heavy atom. The molecule has 4 rings (SSSR count). The van der Waals surface area contributed by atoms with Crippen molar-refractivity contribution in [3.8, 4) is 16.5 Å². The third-order valence-electron chi connectivity index (χ3n) is 4.65. The summed E-state index contributed by atoms with van der Waals surface area (Å²) in [6.45, 7) is 0.816. The maximum Gasteiger partial charge on any atom is 0.219 e. The number of hydrogen-bond acceptors (Lipinski definition) is 6. The molecule has 4 aromatic rings. The highest BCUT2D eigenvalue weighted by Crippen LogP contribution is 2.29. The van der Waals surface area contributed by atoms with E-state index in [0.29, 0.717) is 18.9 Å². The molecule has 0 aliphatic rings. The van der Waals surface area contributed by atoms with Crippen molar-refractivity contribution in [2.45, 2.75) is 30.5 Å². The summed E-state index contributed by atoms with van der Waals surface area (Å²) >= 11 is 3.13. The number of benzene rings is 2. The topological polar surface area (TPSA) is 83.0 Å². The zero-order valence-corrected chi connectivity index (χ0v) is 18.7. The highest BCUT2D eigenvalue weighted by molar-refractivity contribution is 7.98. The summed E-state index contributed by atoms with van der Waals surface area (Å²) in [5.41, 5.74) is 7.36. The van der Waals surface area contributed by atoms with Gasteiger partial charge in [0.25, 0.3) is 0 Å². The summed E-state index contributed by atoms with van der Waals surface area (Å²) in [7, 11) is 0. The number of carbonyl (C=O) groups is 1. The maximum absolute atomic E-state index is 13.0. The Balaban J connectivity index is 1.38. The lowest BCUT2D eigenvalue weighted by Crippen LogP contribution is -2.14. The number of halogens is 1. The molecule has 2 heterocycles. The van der Waals surface area contributed by atoms with Crippen molar-refractivity contribution in [1.29, 1.82) is 0 Å². The fourth-order valence-electron chi connectivity index (χ4n) is 2.98. The molecule has 32 heavy (non-hydrogen) atoms. The van der Waals surface area contributed by atoms with Crippen LogP contribution in [0.4, 0.5) is 4.39 Å². The number of nitrogens with two attached hydrogens (primary N) is 1.